The lowest BCUT2D eigenvalue weighted by Gasteiger charge is -2.31. The number of halogens is 1. The van der Waals surface area contributed by atoms with Gasteiger partial charge in [-0.25, -0.2) is 4.39 Å². The van der Waals surface area contributed by atoms with E-state index in [1.165, 1.54) is 28.6 Å². The van der Waals surface area contributed by atoms with Crippen LogP contribution in [0, 0.1) is 5.82 Å². The summed E-state index contributed by atoms with van der Waals surface area (Å²) in [5.74, 6) is -0.228. The van der Waals surface area contributed by atoms with E-state index < -0.39 is 5.60 Å². The molecule has 0 fully saturated rings. The number of fused-ring (bicyclic) bond motifs is 2. The quantitative estimate of drug-likeness (QED) is 0.369. The van der Waals surface area contributed by atoms with Crippen molar-refractivity contribution in [2.24, 2.45) is 0 Å². The van der Waals surface area contributed by atoms with E-state index in [0.29, 0.717) is 6.61 Å². The smallest absolute Gasteiger partial charge is 0.123 e. The summed E-state index contributed by atoms with van der Waals surface area (Å²) in [6.07, 6.45) is 5.67. The average Bonchev–Trinajstić information content (AvgIpc) is 3.18. The standard InChI is InChI=1S/C28H27FN2O/c1-31(2)15-5-14-28(23-9-11-24(29)12-10-23)27-13-8-20(16-22(27)19-32-28)26-18-30-17-21-6-3-4-7-25(21)26/h3-4,6-13,16-18H,5,14-15,19H2,1-2H3. The van der Waals surface area contributed by atoms with E-state index >= 15 is 0 Å². The molecule has 3 nitrogen and oxygen atoms in total. The van der Waals surface area contributed by atoms with Crippen LogP contribution in [-0.2, 0) is 16.9 Å². The third-order valence-corrected chi connectivity index (χ3v) is 6.44. The molecule has 0 amide bonds. The van der Waals surface area contributed by atoms with Gasteiger partial charge in [0.25, 0.3) is 0 Å². The molecule has 1 atom stereocenters. The van der Waals surface area contributed by atoms with Crippen LogP contribution >= 0.6 is 0 Å². The summed E-state index contributed by atoms with van der Waals surface area (Å²) in [7, 11) is 4.16. The number of pyridine rings is 1. The minimum Gasteiger partial charge on any atom is -0.361 e. The first-order valence-electron chi connectivity index (χ1n) is 11.1. The maximum atomic E-state index is 13.7. The molecule has 0 saturated carbocycles. The van der Waals surface area contributed by atoms with Crippen LogP contribution in [0.4, 0.5) is 4.39 Å². The Kier molecular flexibility index (Phi) is 5.50. The van der Waals surface area contributed by atoms with Gasteiger partial charge in [0, 0.05) is 23.3 Å². The first-order valence-corrected chi connectivity index (χ1v) is 11.1. The van der Waals surface area contributed by atoms with Crippen molar-refractivity contribution < 1.29 is 9.13 Å². The molecule has 5 rings (SSSR count). The maximum absolute atomic E-state index is 13.7. The fraction of sp³-hybridized carbons (Fsp3) is 0.250. The Morgan fingerprint density at radius 3 is 2.62 bits per heavy atom. The van der Waals surface area contributed by atoms with E-state index in [1.54, 1.807) is 0 Å². The van der Waals surface area contributed by atoms with Crippen molar-refractivity contribution in [1.29, 1.82) is 0 Å². The molecular weight excluding hydrogens is 399 g/mol. The lowest BCUT2D eigenvalue weighted by atomic mass is 9.81. The molecule has 2 heterocycles. The zero-order valence-electron chi connectivity index (χ0n) is 18.5. The average molecular weight is 427 g/mol. The molecule has 32 heavy (non-hydrogen) atoms. The number of nitrogens with zero attached hydrogens (tertiary/aromatic N) is 2. The zero-order valence-corrected chi connectivity index (χ0v) is 18.5. The fourth-order valence-electron chi connectivity index (χ4n) is 4.85. The second-order valence-electron chi connectivity index (χ2n) is 8.81. The van der Waals surface area contributed by atoms with Crippen molar-refractivity contribution in [3.63, 3.8) is 0 Å². The molecule has 0 N–H and O–H groups in total. The van der Waals surface area contributed by atoms with Gasteiger partial charge in [0.2, 0.25) is 0 Å². The summed E-state index contributed by atoms with van der Waals surface area (Å²) in [5, 5.41) is 2.32. The highest BCUT2D eigenvalue weighted by Gasteiger charge is 2.41. The van der Waals surface area contributed by atoms with Gasteiger partial charge in [-0.05, 0) is 79.3 Å². The highest BCUT2D eigenvalue weighted by atomic mass is 19.1. The largest absolute Gasteiger partial charge is 0.361 e. The van der Waals surface area contributed by atoms with Gasteiger partial charge >= 0.3 is 0 Å². The van der Waals surface area contributed by atoms with Gasteiger partial charge in [0.05, 0.1) is 6.61 Å². The van der Waals surface area contributed by atoms with Crippen LogP contribution < -0.4 is 0 Å². The Labute approximate surface area is 188 Å². The van der Waals surface area contributed by atoms with Gasteiger partial charge in [-0.3, -0.25) is 4.98 Å². The fourth-order valence-corrected chi connectivity index (χ4v) is 4.85. The topological polar surface area (TPSA) is 25.4 Å². The molecular formula is C28H27FN2O. The third-order valence-electron chi connectivity index (χ3n) is 6.44. The minimum absolute atomic E-state index is 0.228. The Morgan fingerprint density at radius 1 is 1.00 bits per heavy atom. The minimum atomic E-state index is -0.547. The van der Waals surface area contributed by atoms with Crippen molar-refractivity contribution in [2.45, 2.75) is 25.0 Å². The molecule has 0 bridgehead atoms. The van der Waals surface area contributed by atoms with Crippen molar-refractivity contribution in [2.75, 3.05) is 20.6 Å². The number of aromatic nitrogens is 1. The summed E-state index contributed by atoms with van der Waals surface area (Å²) < 4.78 is 20.2. The Balaban J connectivity index is 1.58. The third kappa shape index (κ3) is 3.70. The number of hydrogen-bond acceptors (Lipinski definition) is 3. The van der Waals surface area contributed by atoms with Crippen molar-refractivity contribution in [3.8, 4) is 11.1 Å². The van der Waals surface area contributed by atoms with Crippen LogP contribution in [0.2, 0.25) is 0 Å². The van der Waals surface area contributed by atoms with E-state index in [9.17, 15) is 4.39 Å². The summed E-state index contributed by atoms with van der Waals surface area (Å²) in [5.41, 5.74) is 5.09. The van der Waals surface area contributed by atoms with Crippen LogP contribution in [0.3, 0.4) is 0 Å². The van der Waals surface area contributed by atoms with Crippen molar-refractivity contribution >= 4 is 10.8 Å². The highest BCUT2D eigenvalue weighted by Crippen LogP contribution is 2.46. The Morgan fingerprint density at radius 2 is 1.81 bits per heavy atom. The van der Waals surface area contributed by atoms with Gasteiger partial charge in [0.15, 0.2) is 0 Å². The molecule has 162 valence electrons. The highest BCUT2D eigenvalue weighted by molar-refractivity contribution is 5.95. The van der Waals surface area contributed by atoms with Crippen LogP contribution in [0.15, 0.2) is 79.1 Å². The number of rotatable bonds is 6. The normalized spacial score (nSPS) is 17.8. The summed E-state index contributed by atoms with van der Waals surface area (Å²) >= 11 is 0. The molecule has 0 saturated heterocycles. The maximum Gasteiger partial charge on any atom is 0.123 e. The zero-order chi connectivity index (χ0) is 22.1. The number of ether oxygens (including phenoxy) is 1. The molecule has 0 radical (unpaired) electrons. The lowest BCUT2D eigenvalue weighted by molar-refractivity contribution is -0.0140. The molecule has 4 aromatic rings. The molecule has 1 aromatic heterocycles. The van der Waals surface area contributed by atoms with Gasteiger partial charge < -0.3 is 9.64 Å². The van der Waals surface area contributed by atoms with Gasteiger partial charge in [-0.15, -0.1) is 0 Å². The first kappa shape index (κ1) is 20.8. The summed E-state index contributed by atoms with van der Waals surface area (Å²) in [6.45, 7) is 1.52. The summed E-state index contributed by atoms with van der Waals surface area (Å²) in [4.78, 5) is 6.64. The SMILES string of the molecule is CN(C)CCCC1(c2ccc(F)cc2)OCc2cc(-c3cncc4ccccc34)ccc21. The Hall–Kier alpha value is -3.08. The predicted octanol–water partition coefficient (Wildman–Crippen LogP) is 6.16. The molecule has 0 spiro atoms. The number of hydrogen-bond donors (Lipinski definition) is 0. The second-order valence-corrected chi connectivity index (χ2v) is 8.81. The van der Waals surface area contributed by atoms with Crippen LogP contribution in [0.5, 0.6) is 0 Å². The van der Waals surface area contributed by atoms with Crippen LogP contribution in [0.1, 0.15) is 29.5 Å². The van der Waals surface area contributed by atoms with Gasteiger partial charge in [0.1, 0.15) is 11.4 Å². The van der Waals surface area contributed by atoms with E-state index in [-0.39, 0.29) is 5.82 Å². The molecule has 1 unspecified atom stereocenters. The van der Waals surface area contributed by atoms with Gasteiger partial charge in [-0.1, -0.05) is 48.5 Å². The summed E-state index contributed by atoms with van der Waals surface area (Å²) in [6, 6.07) is 21.7. The van der Waals surface area contributed by atoms with E-state index in [2.05, 4.69) is 60.4 Å². The van der Waals surface area contributed by atoms with Gasteiger partial charge in [-0.2, -0.15) is 0 Å². The predicted molar refractivity (Wildman–Crippen MR) is 127 cm³/mol. The van der Waals surface area contributed by atoms with E-state index in [4.69, 9.17) is 4.74 Å². The second kappa shape index (κ2) is 8.45. The van der Waals surface area contributed by atoms with Crippen molar-refractivity contribution in [1.82, 2.24) is 9.88 Å². The lowest BCUT2D eigenvalue weighted by Crippen LogP contribution is -2.28. The molecule has 4 heteroatoms. The van der Waals surface area contributed by atoms with Crippen molar-refractivity contribution in [3.05, 3.63) is 102 Å². The van der Waals surface area contributed by atoms with Crippen LogP contribution in [0.25, 0.3) is 21.9 Å². The molecule has 1 aliphatic heterocycles. The number of benzene rings is 3. The van der Waals surface area contributed by atoms with Crippen LogP contribution in [-0.4, -0.2) is 30.5 Å². The van der Waals surface area contributed by atoms with E-state index in [1.807, 2.05) is 30.6 Å². The van der Waals surface area contributed by atoms with E-state index in [0.717, 1.165) is 41.5 Å². The molecule has 3 aromatic carbocycles. The molecule has 1 aliphatic rings. The molecule has 0 aliphatic carbocycles. The Bertz CT molecular complexity index is 1250. The monoisotopic (exact) mass is 426 g/mol. The first-order chi connectivity index (χ1) is 15.6.